The van der Waals surface area contributed by atoms with E-state index in [0.29, 0.717) is 5.75 Å². The predicted octanol–water partition coefficient (Wildman–Crippen LogP) is 1.76. The topological polar surface area (TPSA) is 29.4 Å². The van der Waals surface area contributed by atoms with Crippen molar-refractivity contribution in [3.8, 4) is 0 Å². The molecule has 5 heteroatoms. The molecule has 54 valence electrons. The van der Waals surface area contributed by atoms with Gasteiger partial charge in [-0.05, 0) is 11.9 Å². The van der Waals surface area contributed by atoms with Crippen LogP contribution in [0, 0.1) is 0 Å². The highest BCUT2D eigenvalue weighted by molar-refractivity contribution is 14.0. The summed E-state index contributed by atoms with van der Waals surface area (Å²) < 4.78 is 3.61. The second-order valence-corrected chi connectivity index (χ2v) is 1.73. The van der Waals surface area contributed by atoms with Crippen LogP contribution in [-0.4, -0.2) is 24.1 Å². The normalized spacial score (nSPS) is 13.8. The predicted molar refractivity (Wildman–Crippen MR) is 53.1 cm³/mol. The van der Waals surface area contributed by atoms with E-state index in [9.17, 15) is 4.79 Å². The van der Waals surface area contributed by atoms with Crippen LogP contribution < -0.4 is 0 Å². The first-order chi connectivity index (χ1) is 3.89. The maximum Gasteiger partial charge on any atom is 0.186 e. The highest BCUT2D eigenvalue weighted by Gasteiger charge is 2.01. The van der Waals surface area contributed by atoms with Crippen molar-refractivity contribution in [1.82, 2.24) is 0 Å². The van der Waals surface area contributed by atoms with E-state index in [1.807, 2.05) is 0 Å². The molecule has 0 fully saturated rings. The van der Waals surface area contributed by atoms with E-state index in [1.165, 1.54) is 24.5 Å². The van der Waals surface area contributed by atoms with E-state index < -0.39 is 0 Å². The number of ketones is 1. The van der Waals surface area contributed by atoms with Gasteiger partial charge in [0.15, 0.2) is 5.78 Å². The molecule has 0 aliphatic carbocycles. The molecule has 0 radical (unpaired) electrons. The Morgan fingerprint density at radius 3 is 2.44 bits per heavy atom. The third kappa shape index (κ3) is 6.60. The SMILES string of the molecule is CCl.I.O=C1C=NSC1. The van der Waals surface area contributed by atoms with Gasteiger partial charge in [-0.25, -0.2) is 4.40 Å². The van der Waals surface area contributed by atoms with Crippen LogP contribution >= 0.6 is 47.5 Å². The van der Waals surface area contributed by atoms with Gasteiger partial charge >= 0.3 is 0 Å². The van der Waals surface area contributed by atoms with E-state index in [1.54, 1.807) is 0 Å². The second-order valence-electron chi connectivity index (χ2n) is 0.974. The Balaban J connectivity index is 0. The summed E-state index contributed by atoms with van der Waals surface area (Å²) >= 11 is 5.94. The van der Waals surface area contributed by atoms with Crippen molar-refractivity contribution < 1.29 is 4.79 Å². The molecule has 0 atom stereocenters. The van der Waals surface area contributed by atoms with Crippen LogP contribution in [0.25, 0.3) is 0 Å². The van der Waals surface area contributed by atoms with E-state index in [2.05, 4.69) is 16.0 Å². The van der Waals surface area contributed by atoms with E-state index in [0.717, 1.165) is 0 Å². The Kier molecular flexibility index (Phi) is 12.0. The van der Waals surface area contributed by atoms with Gasteiger partial charge in [-0.2, -0.15) is 0 Å². The van der Waals surface area contributed by atoms with Crippen molar-refractivity contribution in [2.24, 2.45) is 4.40 Å². The van der Waals surface area contributed by atoms with Crippen LogP contribution in [0.3, 0.4) is 0 Å². The van der Waals surface area contributed by atoms with Gasteiger partial charge in [0.1, 0.15) is 0 Å². The van der Waals surface area contributed by atoms with Crippen molar-refractivity contribution in [2.75, 3.05) is 12.1 Å². The number of nitrogens with zero attached hydrogens (tertiary/aromatic N) is 1. The molecule has 1 aliphatic heterocycles. The van der Waals surface area contributed by atoms with Crippen LogP contribution in [0.4, 0.5) is 0 Å². The average Bonchev–Trinajstić information content (AvgIpc) is 2.24. The summed E-state index contributed by atoms with van der Waals surface area (Å²) in [7, 11) is 0. The van der Waals surface area contributed by atoms with Crippen LogP contribution in [0.2, 0.25) is 0 Å². The summed E-state index contributed by atoms with van der Waals surface area (Å²) in [5.74, 6) is 0.667. The second kappa shape index (κ2) is 8.71. The number of carbonyl (C=O) groups is 1. The lowest BCUT2D eigenvalue weighted by molar-refractivity contribution is -0.110. The van der Waals surface area contributed by atoms with Crippen LogP contribution in [0.5, 0.6) is 0 Å². The summed E-state index contributed by atoms with van der Waals surface area (Å²) in [4.78, 5) is 10.1. The fourth-order valence-corrected chi connectivity index (χ4v) is 0.703. The van der Waals surface area contributed by atoms with E-state index >= 15 is 0 Å². The standard InChI is InChI=1S/C3H3NOS.CH3Cl.HI/c5-3-1-4-6-2-3;1-2;/h1H,2H2;1H3;1H. The molecule has 0 aromatic rings. The highest BCUT2D eigenvalue weighted by Crippen LogP contribution is 2.05. The molecule has 0 saturated heterocycles. The summed E-state index contributed by atoms with van der Waals surface area (Å²) in [6.07, 6.45) is 2.82. The maximum atomic E-state index is 10.1. The van der Waals surface area contributed by atoms with Crippen molar-refractivity contribution >= 4 is 59.5 Å². The molecule has 0 amide bonds. The number of hydrogen-bond donors (Lipinski definition) is 0. The summed E-state index contributed by atoms with van der Waals surface area (Å²) in [6.45, 7) is 0. The van der Waals surface area contributed by atoms with Gasteiger partial charge in [0.2, 0.25) is 0 Å². The molecule has 0 bridgehead atoms. The number of halogens is 2. The lowest BCUT2D eigenvalue weighted by atomic mass is 10.5. The number of hydrogen-bond acceptors (Lipinski definition) is 3. The monoisotopic (exact) mass is 279 g/mol. The number of Topliss-reactive ketones (excluding diaryl/α,β-unsaturated/α-hetero) is 1. The number of alkyl halides is 1. The third-order valence-electron chi connectivity index (χ3n) is 0.478. The van der Waals surface area contributed by atoms with Gasteiger partial charge in [-0.15, -0.1) is 35.6 Å². The van der Waals surface area contributed by atoms with Gasteiger partial charge in [0.05, 0.1) is 12.0 Å². The zero-order valence-corrected chi connectivity index (χ0v) is 8.74. The maximum absolute atomic E-state index is 10.1. The van der Waals surface area contributed by atoms with Gasteiger partial charge in [0.25, 0.3) is 0 Å². The Hall–Kier alpha value is 0.710. The molecule has 1 heterocycles. The van der Waals surface area contributed by atoms with Crippen molar-refractivity contribution in [3.63, 3.8) is 0 Å². The third-order valence-corrected chi connectivity index (χ3v) is 1.15. The van der Waals surface area contributed by atoms with Crippen molar-refractivity contribution in [2.45, 2.75) is 0 Å². The average molecular weight is 280 g/mol. The van der Waals surface area contributed by atoms with Crippen LogP contribution in [0.15, 0.2) is 4.40 Å². The smallest absolute Gasteiger partial charge is 0.186 e. The zero-order chi connectivity index (χ0) is 6.41. The summed E-state index contributed by atoms with van der Waals surface area (Å²) in [5.41, 5.74) is 0. The molecular formula is C4H7ClINOS. The molecule has 9 heavy (non-hydrogen) atoms. The lowest BCUT2D eigenvalue weighted by Crippen LogP contribution is -1.93. The van der Waals surface area contributed by atoms with Gasteiger partial charge in [-0.3, -0.25) is 4.79 Å². The van der Waals surface area contributed by atoms with Gasteiger partial charge < -0.3 is 0 Å². The molecule has 0 unspecified atom stereocenters. The minimum absolute atomic E-state index is 0. The van der Waals surface area contributed by atoms with Gasteiger partial charge in [-0.1, -0.05) is 0 Å². The molecule has 0 saturated carbocycles. The molecule has 2 nitrogen and oxygen atoms in total. The first-order valence-electron chi connectivity index (χ1n) is 1.95. The van der Waals surface area contributed by atoms with Crippen LogP contribution in [-0.2, 0) is 4.79 Å². The Labute approximate surface area is 80.6 Å². The minimum Gasteiger partial charge on any atom is -0.292 e. The summed E-state index contributed by atoms with van der Waals surface area (Å²) in [5, 5.41) is 0. The largest absolute Gasteiger partial charge is 0.292 e. The molecule has 1 rings (SSSR count). The fourth-order valence-electron chi connectivity index (χ4n) is 0.234. The zero-order valence-electron chi connectivity index (χ0n) is 4.83. The molecular weight excluding hydrogens is 272 g/mol. The Morgan fingerprint density at radius 2 is 2.33 bits per heavy atom. The fraction of sp³-hybridized carbons (Fsp3) is 0.500. The Bertz CT molecular complexity index is 109. The number of rotatable bonds is 0. The van der Waals surface area contributed by atoms with E-state index in [-0.39, 0.29) is 29.8 Å². The Morgan fingerprint density at radius 1 is 1.78 bits per heavy atom. The molecule has 0 aromatic heterocycles. The first kappa shape index (κ1) is 12.4. The summed E-state index contributed by atoms with van der Waals surface area (Å²) in [6, 6.07) is 0. The molecule has 0 spiro atoms. The van der Waals surface area contributed by atoms with Crippen molar-refractivity contribution in [1.29, 1.82) is 0 Å². The molecule has 1 aliphatic rings. The first-order valence-corrected chi connectivity index (χ1v) is 3.65. The minimum atomic E-state index is 0. The van der Waals surface area contributed by atoms with Crippen LogP contribution in [0.1, 0.15) is 0 Å². The number of carbonyl (C=O) groups excluding carboxylic acids is 1. The highest BCUT2D eigenvalue weighted by atomic mass is 127. The van der Waals surface area contributed by atoms with E-state index in [4.69, 9.17) is 0 Å². The molecule has 0 N–H and O–H groups in total. The van der Waals surface area contributed by atoms with Crippen molar-refractivity contribution in [3.05, 3.63) is 0 Å². The van der Waals surface area contributed by atoms with Gasteiger partial charge in [0, 0.05) is 6.38 Å². The quantitative estimate of drug-likeness (QED) is 0.384. The molecule has 0 aromatic carbocycles. The lowest BCUT2D eigenvalue weighted by Gasteiger charge is -1.67.